The van der Waals surface area contributed by atoms with Crippen LogP contribution in [0.25, 0.3) is 0 Å². The van der Waals surface area contributed by atoms with Gasteiger partial charge in [0.05, 0.1) is 6.54 Å². The van der Waals surface area contributed by atoms with Crippen LogP contribution in [0.5, 0.6) is 0 Å². The molecule has 1 saturated carbocycles. The number of carboxylic acid groups (broad SMARTS) is 1. The molecule has 2 heterocycles. The molecule has 0 aromatic carbocycles. The predicted octanol–water partition coefficient (Wildman–Crippen LogP) is 0.686. The molecule has 1 aromatic heterocycles. The Morgan fingerprint density at radius 2 is 2.19 bits per heavy atom. The van der Waals surface area contributed by atoms with Crippen molar-refractivity contribution in [3.8, 4) is 0 Å². The maximum Gasteiger partial charge on any atom is 0.410 e. The van der Waals surface area contributed by atoms with Crippen LogP contribution >= 0.6 is 11.3 Å². The van der Waals surface area contributed by atoms with Crippen molar-refractivity contribution in [3.63, 3.8) is 0 Å². The number of hydrogen-bond acceptors (Lipinski definition) is 6. The third-order valence-electron chi connectivity index (χ3n) is 5.20. The monoisotopic (exact) mass is 393 g/mol. The van der Waals surface area contributed by atoms with Gasteiger partial charge in [0.25, 0.3) is 0 Å². The maximum atomic E-state index is 12.7. The molecule has 146 valence electrons. The summed E-state index contributed by atoms with van der Waals surface area (Å²) >= 11 is 1.33. The number of hydrogen-bond donors (Lipinski definition) is 5. The number of amides is 3. The Bertz CT molecular complexity index is 794. The van der Waals surface area contributed by atoms with Crippen molar-refractivity contribution in [1.29, 1.82) is 5.41 Å². The van der Waals surface area contributed by atoms with Crippen LogP contribution in [0.3, 0.4) is 0 Å². The van der Waals surface area contributed by atoms with Gasteiger partial charge in [-0.25, -0.2) is 4.79 Å². The van der Waals surface area contributed by atoms with E-state index < -0.39 is 12.1 Å². The number of amidine groups is 1. The zero-order valence-electron chi connectivity index (χ0n) is 14.9. The van der Waals surface area contributed by atoms with Gasteiger partial charge >= 0.3 is 6.09 Å². The summed E-state index contributed by atoms with van der Waals surface area (Å²) < 4.78 is 0. The summed E-state index contributed by atoms with van der Waals surface area (Å²) in [5, 5.41) is 22.8. The van der Waals surface area contributed by atoms with Crippen LogP contribution in [0.2, 0.25) is 0 Å². The van der Waals surface area contributed by atoms with Crippen LogP contribution in [0.1, 0.15) is 36.6 Å². The lowest BCUT2D eigenvalue weighted by Gasteiger charge is -2.26. The van der Waals surface area contributed by atoms with Gasteiger partial charge in [-0.3, -0.25) is 20.3 Å². The first-order valence-electron chi connectivity index (χ1n) is 8.70. The number of fused-ring (bicyclic) bond motifs is 1. The lowest BCUT2D eigenvalue weighted by Crippen LogP contribution is -2.48. The van der Waals surface area contributed by atoms with E-state index in [0.717, 1.165) is 11.3 Å². The lowest BCUT2D eigenvalue weighted by molar-refractivity contribution is -0.139. The zero-order chi connectivity index (χ0) is 19.8. The number of nitrogens with zero attached hydrogens (tertiary/aromatic N) is 1. The Balaban J connectivity index is 1.59. The number of piperidine rings is 1. The Morgan fingerprint density at radius 3 is 2.85 bits per heavy atom. The van der Waals surface area contributed by atoms with E-state index in [9.17, 15) is 14.4 Å². The molecule has 6 N–H and O–H groups in total. The number of rotatable bonds is 6. The predicted molar refractivity (Wildman–Crippen MR) is 99.6 cm³/mol. The third-order valence-corrected chi connectivity index (χ3v) is 6.13. The first-order chi connectivity index (χ1) is 12.7. The highest BCUT2D eigenvalue weighted by Gasteiger charge is 2.64. The highest BCUT2D eigenvalue weighted by molar-refractivity contribution is 7.10. The van der Waals surface area contributed by atoms with Crippen LogP contribution in [0, 0.1) is 10.8 Å². The molecule has 3 rings (SSSR count). The number of nitrogens with one attached hydrogen (secondary N) is 3. The molecule has 0 bridgehead atoms. The van der Waals surface area contributed by atoms with Gasteiger partial charge in [0.2, 0.25) is 11.8 Å². The van der Waals surface area contributed by atoms with E-state index in [0.29, 0.717) is 12.0 Å². The van der Waals surface area contributed by atoms with Gasteiger partial charge in [0.15, 0.2) is 0 Å². The van der Waals surface area contributed by atoms with E-state index in [-0.39, 0.29) is 48.6 Å². The molecule has 2 aliphatic rings. The normalized spacial score (nSPS) is 25.6. The van der Waals surface area contributed by atoms with E-state index in [1.54, 1.807) is 16.3 Å². The van der Waals surface area contributed by atoms with Gasteiger partial charge in [0, 0.05) is 34.8 Å². The average molecular weight is 393 g/mol. The van der Waals surface area contributed by atoms with E-state index >= 15 is 0 Å². The number of likely N-dealkylation sites (tertiary alicyclic amines) is 1. The van der Waals surface area contributed by atoms with Gasteiger partial charge in [-0.15, -0.1) is 11.3 Å². The van der Waals surface area contributed by atoms with Crippen LogP contribution in [-0.2, 0) is 16.1 Å². The van der Waals surface area contributed by atoms with Gasteiger partial charge < -0.3 is 21.1 Å². The summed E-state index contributed by atoms with van der Waals surface area (Å²) in [7, 11) is 0. The molecule has 9 nitrogen and oxygen atoms in total. The van der Waals surface area contributed by atoms with Crippen molar-refractivity contribution in [1.82, 2.24) is 15.5 Å². The highest BCUT2D eigenvalue weighted by atomic mass is 32.1. The Morgan fingerprint density at radius 1 is 1.44 bits per heavy atom. The van der Waals surface area contributed by atoms with Crippen molar-refractivity contribution in [2.24, 2.45) is 11.1 Å². The first-order valence-corrected chi connectivity index (χ1v) is 9.58. The molecule has 0 spiro atoms. The lowest BCUT2D eigenvalue weighted by atomic mass is 10.0. The van der Waals surface area contributed by atoms with Crippen LogP contribution < -0.4 is 16.4 Å². The minimum Gasteiger partial charge on any atom is -0.465 e. The summed E-state index contributed by atoms with van der Waals surface area (Å²) in [6.45, 7) is 2.63. The second-order valence-corrected chi connectivity index (χ2v) is 8.25. The Labute approximate surface area is 160 Å². The van der Waals surface area contributed by atoms with E-state index in [1.165, 1.54) is 11.3 Å². The fraction of sp³-hybridized carbons (Fsp3) is 0.529. The Kier molecular flexibility index (Phi) is 5.20. The molecule has 0 unspecified atom stereocenters. The summed E-state index contributed by atoms with van der Waals surface area (Å²) in [5.74, 6) is -0.475. The topological polar surface area (TPSA) is 149 Å². The second kappa shape index (κ2) is 7.28. The van der Waals surface area contributed by atoms with Crippen molar-refractivity contribution < 1.29 is 19.5 Å². The molecule has 1 aliphatic carbocycles. The molecular weight excluding hydrogens is 370 g/mol. The van der Waals surface area contributed by atoms with Crippen molar-refractivity contribution in [2.45, 2.75) is 44.8 Å². The Hall–Kier alpha value is -2.46. The highest BCUT2D eigenvalue weighted by Crippen LogP contribution is 2.59. The fourth-order valence-corrected chi connectivity index (χ4v) is 4.50. The summed E-state index contributed by atoms with van der Waals surface area (Å²) in [6, 6.07) is 1.32. The number of thiophene rings is 1. The summed E-state index contributed by atoms with van der Waals surface area (Å²) in [4.78, 5) is 38.1. The van der Waals surface area contributed by atoms with Gasteiger partial charge in [-0.2, -0.15) is 0 Å². The molecule has 3 amide bonds. The van der Waals surface area contributed by atoms with Gasteiger partial charge in [-0.05, 0) is 24.3 Å². The van der Waals surface area contributed by atoms with Crippen LogP contribution in [-0.4, -0.2) is 52.4 Å². The van der Waals surface area contributed by atoms with Crippen LogP contribution in [0.4, 0.5) is 4.79 Å². The molecule has 2 fully saturated rings. The minimum absolute atomic E-state index is 0.0277. The SMILES string of the molecule is C[C@@]12C[C@@H]1N(C(=O)CCN)[C@H](C(=O)NCc1cc(C(=N)NC(=O)O)cs1)C2. The van der Waals surface area contributed by atoms with Crippen molar-refractivity contribution in [3.05, 3.63) is 21.9 Å². The molecule has 1 aliphatic heterocycles. The molecule has 27 heavy (non-hydrogen) atoms. The largest absolute Gasteiger partial charge is 0.465 e. The molecule has 1 aromatic rings. The molecule has 10 heteroatoms. The van der Waals surface area contributed by atoms with E-state index in [4.69, 9.17) is 16.2 Å². The first kappa shape index (κ1) is 19.3. The number of carbonyl (C=O) groups excluding carboxylic acids is 2. The minimum atomic E-state index is -1.29. The number of carbonyl (C=O) groups is 3. The fourth-order valence-electron chi connectivity index (χ4n) is 3.69. The van der Waals surface area contributed by atoms with Gasteiger partial charge in [0.1, 0.15) is 11.9 Å². The van der Waals surface area contributed by atoms with Gasteiger partial charge in [-0.1, -0.05) is 6.92 Å². The standard InChI is InChI=1S/C17H23N5O4S/c1-17-5-11(22(12(17)6-17)13(23)2-3-18)15(24)20-7-10-4-9(8-27-10)14(19)21-16(25)26/h4,8,11-12H,2-3,5-7,18H2,1H3,(H2,19,21)(H,20,24)(H,25,26)/t11-,12-,17+/m0/s1. The van der Waals surface area contributed by atoms with Crippen molar-refractivity contribution in [2.75, 3.05) is 6.54 Å². The third kappa shape index (κ3) is 3.96. The molecule has 0 radical (unpaired) electrons. The number of nitrogens with two attached hydrogens (primary N) is 1. The summed E-state index contributed by atoms with van der Waals surface area (Å²) in [5.41, 5.74) is 5.97. The average Bonchev–Trinajstić information content (AvgIpc) is 2.97. The van der Waals surface area contributed by atoms with E-state index in [2.05, 4.69) is 12.2 Å². The smallest absolute Gasteiger partial charge is 0.410 e. The molecular formula is C17H23N5O4S. The van der Waals surface area contributed by atoms with Crippen LogP contribution in [0.15, 0.2) is 11.4 Å². The van der Waals surface area contributed by atoms with Crippen molar-refractivity contribution >= 4 is 35.1 Å². The maximum absolute atomic E-state index is 12.7. The van der Waals surface area contributed by atoms with E-state index in [1.807, 2.05) is 5.32 Å². The molecule has 3 atom stereocenters. The quantitative estimate of drug-likeness (QED) is 0.356. The second-order valence-electron chi connectivity index (χ2n) is 7.26. The zero-order valence-corrected chi connectivity index (χ0v) is 15.8. The molecule has 1 saturated heterocycles. The summed E-state index contributed by atoms with van der Waals surface area (Å²) in [6.07, 6.45) is 0.531.